The van der Waals surface area contributed by atoms with Crippen LogP contribution in [0.4, 0.5) is 0 Å². The molecule has 0 radical (unpaired) electrons. The zero-order valence-electron chi connectivity index (χ0n) is 23.8. The zero-order chi connectivity index (χ0) is 29.5. The molecule has 0 amide bonds. The van der Waals surface area contributed by atoms with E-state index in [-0.39, 0.29) is 0 Å². The van der Waals surface area contributed by atoms with E-state index in [2.05, 4.69) is 77.4 Å². The van der Waals surface area contributed by atoms with Crippen molar-refractivity contribution in [2.24, 2.45) is 0 Å². The maximum Gasteiger partial charge on any atom is 0.238 e. The minimum atomic E-state index is 0.577. The Hall–Kier alpha value is -5.85. The molecule has 0 bridgehead atoms. The lowest BCUT2D eigenvalue weighted by Crippen LogP contribution is -2.06. The number of thiophene rings is 1. The maximum absolute atomic E-state index is 6.68. The van der Waals surface area contributed by atoms with E-state index in [1.54, 1.807) is 11.3 Å². The van der Waals surface area contributed by atoms with Crippen LogP contribution < -0.4 is 0 Å². The van der Waals surface area contributed by atoms with Crippen molar-refractivity contribution in [1.29, 1.82) is 0 Å². The van der Waals surface area contributed by atoms with Crippen LogP contribution in [0.2, 0.25) is 0 Å². The van der Waals surface area contributed by atoms with E-state index in [1.165, 1.54) is 20.2 Å². The molecule has 0 saturated heterocycles. The first kappa shape index (κ1) is 24.6. The number of nitrogens with zero attached hydrogens (tertiary/aromatic N) is 4. The van der Waals surface area contributed by atoms with Crippen molar-refractivity contribution < 1.29 is 4.42 Å². The molecular formula is C39H22N4OS. The highest BCUT2D eigenvalue weighted by Gasteiger charge is 2.21. The first-order valence-electron chi connectivity index (χ1n) is 14.9. The molecule has 0 aliphatic carbocycles. The minimum Gasteiger partial charge on any atom is -0.455 e. The summed E-state index contributed by atoms with van der Waals surface area (Å²) in [5.74, 6) is 1.84. The molecule has 5 nitrogen and oxygen atoms in total. The first-order valence-corrected chi connectivity index (χ1v) is 15.7. The van der Waals surface area contributed by atoms with Gasteiger partial charge in [0.25, 0.3) is 0 Å². The van der Waals surface area contributed by atoms with Crippen molar-refractivity contribution in [1.82, 2.24) is 19.5 Å². The van der Waals surface area contributed by atoms with Gasteiger partial charge in [-0.25, -0.2) is 4.98 Å². The summed E-state index contributed by atoms with van der Waals surface area (Å²) < 4.78 is 11.3. The average Bonchev–Trinajstić information content (AvgIpc) is 3.77. The van der Waals surface area contributed by atoms with E-state index in [4.69, 9.17) is 19.4 Å². The van der Waals surface area contributed by atoms with Crippen molar-refractivity contribution in [3.05, 3.63) is 133 Å². The molecule has 4 aromatic heterocycles. The Morgan fingerprint density at radius 2 is 1.13 bits per heavy atom. The van der Waals surface area contributed by atoms with E-state index in [1.807, 2.05) is 60.7 Å². The number of aromatic nitrogens is 4. The lowest BCUT2D eigenvalue weighted by atomic mass is 10.1. The molecule has 0 unspecified atom stereocenters. The van der Waals surface area contributed by atoms with Crippen LogP contribution in [0.1, 0.15) is 0 Å². The van der Waals surface area contributed by atoms with Gasteiger partial charge in [-0.3, -0.25) is 4.57 Å². The van der Waals surface area contributed by atoms with E-state index in [9.17, 15) is 0 Å². The lowest BCUT2D eigenvalue weighted by Gasteiger charge is -2.10. The Labute approximate surface area is 260 Å². The van der Waals surface area contributed by atoms with Gasteiger partial charge in [0, 0.05) is 48.1 Å². The monoisotopic (exact) mass is 594 g/mol. The molecule has 0 aliphatic heterocycles. The molecule has 4 heterocycles. The predicted octanol–water partition coefficient (Wildman–Crippen LogP) is 10.6. The topological polar surface area (TPSA) is 56.7 Å². The van der Waals surface area contributed by atoms with Gasteiger partial charge in [0.05, 0.1) is 15.7 Å². The van der Waals surface area contributed by atoms with Crippen molar-refractivity contribution in [3.63, 3.8) is 0 Å². The highest BCUT2D eigenvalue weighted by atomic mass is 32.1. The Balaban J connectivity index is 1.29. The van der Waals surface area contributed by atoms with E-state index in [0.29, 0.717) is 17.6 Å². The van der Waals surface area contributed by atoms with Gasteiger partial charge in [-0.05, 0) is 30.3 Å². The summed E-state index contributed by atoms with van der Waals surface area (Å²) in [5, 5.41) is 6.88. The van der Waals surface area contributed by atoms with Crippen molar-refractivity contribution >= 4 is 75.3 Å². The van der Waals surface area contributed by atoms with Gasteiger partial charge in [-0.15, -0.1) is 11.3 Å². The summed E-state index contributed by atoms with van der Waals surface area (Å²) >= 11 is 1.79. The molecule has 0 N–H and O–H groups in total. The summed E-state index contributed by atoms with van der Waals surface area (Å²) in [7, 11) is 0. The second kappa shape index (κ2) is 9.32. The van der Waals surface area contributed by atoms with Crippen LogP contribution in [0.5, 0.6) is 0 Å². The highest BCUT2D eigenvalue weighted by molar-refractivity contribution is 7.26. The number of rotatable bonds is 3. The second-order valence-corrected chi connectivity index (χ2v) is 12.3. The molecule has 0 aliphatic rings. The van der Waals surface area contributed by atoms with Gasteiger partial charge in [-0.2, -0.15) is 9.97 Å². The largest absolute Gasteiger partial charge is 0.455 e. The Bertz CT molecular complexity index is 2700. The number of furan rings is 1. The van der Waals surface area contributed by atoms with Gasteiger partial charge < -0.3 is 4.42 Å². The van der Waals surface area contributed by atoms with Gasteiger partial charge in [0.15, 0.2) is 17.2 Å². The molecule has 45 heavy (non-hydrogen) atoms. The fourth-order valence-corrected chi connectivity index (χ4v) is 7.78. The Morgan fingerprint density at radius 3 is 1.89 bits per heavy atom. The second-order valence-electron chi connectivity index (χ2n) is 11.3. The van der Waals surface area contributed by atoms with Crippen molar-refractivity contribution in [2.75, 3.05) is 0 Å². The van der Waals surface area contributed by atoms with Crippen molar-refractivity contribution in [2.45, 2.75) is 0 Å². The van der Waals surface area contributed by atoms with Gasteiger partial charge >= 0.3 is 0 Å². The van der Waals surface area contributed by atoms with E-state index < -0.39 is 0 Å². The van der Waals surface area contributed by atoms with Crippen LogP contribution in [0, 0.1) is 0 Å². The van der Waals surface area contributed by atoms with Crippen LogP contribution in [0.15, 0.2) is 138 Å². The van der Waals surface area contributed by atoms with Crippen LogP contribution >= 0.6 is 11.3 Å². The summed E-state index contributed by atoms with van der Waals surface area (Å²) in [6.07, 6.45) is 0. The lowest BCUT2D eigenvalue weighted by molar-refractivity contribution is 0.674. The molecule has 6 aromatic carbocycles. The highest BCUT2D eigenvalue weighted by Crippen LogP contribution is 2.43. The third-order valence-corrected chi connectivity index (χ3v) is 9.85. The number of hydrogen-bond acceptors (Lipinski definition) is 5. The quantitative estimate of drug-likeness (QED) is 0.204. The predicted molar refractivity (Wildman–Crippen MR) is 185 cm³/mol. The molecule has 10 aromatic rings. The van der Waals surface area contributed by atoms with Crippen molar-refractivity contribution in [3.8, 4) is 28.7 Å². The summed E-state index contributed by atoms with van der Waals surface area (Å²) in [5.41, 5.74) is 5.73. The van der Waals surface area contributed by atoms with Crippen LogP contribution in [-0.2, 0) is 0 Å². The molecule has 10 rings (SSSR count). The Kier molecular flexibility index (Phi) is 5.09. The molecule has 6 heteroatoms. The smallest absolute Gasteiger partial charge is 0.238 e. The Morgan fingerprint density at radius 1 is 0.489 bits per heavy atom. The minimum absolute atomic E-state index is 0.577. The molecule has 210 valence electrons. The summed E-state index contributed by atoms with van der Waals surface area (Å²) in [6, 6.07) is 46.0. The fraction of sp³-hybridized carbons (Fsp3) is 0. The number of para-hydroxylation sites is 1. The summed E-state index contributed by atoms with van der Waals surface area (Å²) in [4.78, 5) is 15.1. The van der Waals surface area contributed by atoms with Gasteiger partial charge in [-0.1, -0.05) is 103 Å². The van der Waals surface area contributed by atoms with Gasteiger partial charge in [0.1, 0.15) is 5.58 Å². The molecular weight excluding hydrogens is 573 g/mol. The first-order chi connectivity index (χ1) is 22.3. The SMILES string of the molecule is c1ccc(-c2nc(-c3ccccc3)nc(-n3c4ccccc4c4cc5oc6c(ccc7c8ccccc8sc76)c5cc43)n2)cc1. The standard InChI is InChI=1S/C39H22N4OS/c1-3-11-23(12-4-1)37-40-38(24-13-5-2-6-14-24)42-39(41-37)43-31-17-9-7-15-25(31)29-22-33-30(21-32(29)43)27-19-20-28-26-16-8-10-18-34(26)45-36(28)35(27)44-33/h1-22H. The van der Waals surface area contributed by atoms with Gasteiger partial charge in [0.2, 0.25) is 5.95 Å². The van der Waals surface area contributed by atoms with E-state index >= 15 is 0 Å². The maximum atomic E-state index is 6.68. The number of benzene rings is 6. The van der Waals surface area contributed by atoms with Crippen LogP contribution in [-0.4, -0.2) is 19.5 Å². The number of fused-ring (bicyclic) bond motifs is 10. The van der Waals surface area contributed by atoms with Crippen LogP contribution in [0.25, 0.3) is 92.6 Å². The third-order valence-electron chi connectivity index (χ3n) is 8.67. The summed E-state index contributed by atoms with van der Waals surface area (Å²) in [6.45, 7) is 0. The molecule has 0 saturated carbocycles. The van der Waals surface area contributed by atoms with E-state index in [0.717, 1.165) is 54.9 Å². The van der Waals surface area contributed by atoms with Crippen LogP contribution in [0.3, 0.4) is 0 Å². The third kappa shape index (κ3) is 3.63. The molecule has 0 atom stereocenters. The average molecular weight is 595 g/mol. The zero-order valence-corrected chi connectivity index (χ0v) is 24.6. The number of hydrogen-bond donors (Lipinski definition) is 0. The fourth-order valence-electron chi connectivity index (χ4n) is 6.59. The normalized spacial score (nSPS) is 12.0. The molecule has 0 fully saturated rings. The molecule has 0 spiro atoms.